The molecule has 0 N–H and O–H groups in total. The second-order valence-electron chi connectivity index (χ2n) is 5.02. The fourth-order valence-corrected chi connectivity index (χ4v) is 2.47. The summed E-state index contributed by atoms with van der Waals surface area (Å²) in [6.07, 6.45) is 2.56. The lowest BCUT2D eigenvalue weighted by molar-refractivity contribution is 0.249. The highest BCUT2D eigenvalue weighted by atomic mass is 15.2. The molecule has 0 radical (unpaired) electrons. The standard InChI is InChI=1S/C14H22N2/c1-12-5-4-6-14(11-12)16-9-7-13(8-10-16)15(2)3/h4-6,11,13H,7-10H2,1-3H3. The Bertz CT molecular complexity index is 338. The summed E-state index contributed by atoms with van der Waals surface area (Å²) < 4.78 is 0. The molecule has 1 aliphatic heterocycles. The van der Waals surface area contributed by atoms with Crippen molar-refractivity contribution in [3.8, 4) is 0 Å². The molecule has 1 fully saturated rings. The molecule has 0 bridgehead atoms. The highest BCUT2D eigenvalue weighted by molar-refractivity contribution is 5.48. The molecule has 0 amide bonds. The highest BCUT2D eigenvalue weighted by Crippen LogP contribution is 2.22. The first-order chi connectivity index (χ1) is 7.66. The highest BCUT2D eigenvalue weighted by Gasteiger charge is 2.20. The minimum absolute atomic E-state index is 0.765. The molecule has 2 rings (SSSR count). The molecule has 1 aliphatic rings. The van der Waals surface area contributed by atoms with Gasteiger partial charge in [0.1, 0.15) is 0 Å². The molecule has 2 heteroatoms. The van der Waals surface area contributed by atoms with E-state index in [4.69, 9.17) is 0 Å². The Balaban J connectivity index is 1.99. The van der Waals surface area contributed by atoms with Crippen LogP contribution in [0.5, 0.6) is 0 Å². The zero-order valence-corrected chi connectivity index (χ0v) is 10.6. The van der Waals surface area contributed by atoms with Gasteiger partial charge in [-0.05, 0) is 51.6 Å². The predicted molar refractivity (Wildman–Crippen MR) is 70.1 cm³/mol. The normalized spacial score (nSPS) is 18.1. The first kappa shape index (κ1) is 11.5. The molecule has 88 valence electrons. The first-order valence-corrected chi connectivity index (χ1v) is 6.15. The maximum absolute atomic E-state index is 2.51. The van der Waals surface area contributed by atoms with Crippen LogP contribution in [-0.4, -0.2) is 38.1 Å². The van der Waals surface area contributed by atoms with Crippen molar-refractivity contribution in [1.29, 1.82) is 0 Å². The number of nitrogens with zero attached hydrogens (tertiary/aromatic N) is 2. The Morgan fingerprint density at radius 2 is 1.88 bits per heavy atom. The van der Waals surface area contributed by atoms with Crippen LogP contribution in [0.15, 0.2) is 24.3 Å². The van der Waals surface area contributed by atoms with E-state index in [1.54, 1.807) is 0 Å². The summed E-state index contributed by atoms with van der Waals surface area (Å²) in [6, 6.07) is 9.60. The average molecular weight is 218 g/mol. The zero-order valence-electron chi connectivity index (χ0n) is 10.6. The Kier molecular flexibility index (Phi) is 3.49. The van der Waals surface area contributed by atoms with Gasteiger partial charge >= 0.3 is 0 Å². The van der Waals surface area contributed by atoms with Crippen LogP contribution in [-0.2, 0) is 0 Å². The number of piperidine rings is 1. The molecule has 1 heterocycles. The maximum atomic E-state index is 2.51. The van der Waals surface area contributed by atoms with E-state index < -0.39 is 0 Å². The van der Waals surface area contributed by atoms with Gasteiger partial charge in [0.2, 0.25) is 0 Å². The number of benzene rings is 1. The van der Waals surface area contributed by atoms with E-state index >= 15 is 0 Å². The second kappa shape index (κ2) is 4.88. The van der Waals surface area contributed by atoms with Crippen LogP contribution in [0.2, 0.25) is 0 Å². The van der Waals surface area contributed by atoms with E-state index in [1.807, 2.05) is 0 Å². The van der Waals surface area contributed by atoms with Crippen LogP contribution < -0.4 is 4.90 Å². The Labute approximate surface area is 98.9 Å². The minimum Gasteiger partial charge on any atom is -0.371 e. The van der Waals surface area contributed by atoms with E-state index in [0.717, 1.165) is 6.04 Å². The number of anilines is 1. The number of rotatable bonds is 2. The van der Waals surface area contributed by atoms with E-state index in [2.05, 4.69) is 55.1 Å². The molecule has 1 aromatic rings. The molecular formula is C14H22N2. The third kappa shape index (κ3) is 2.56. The summed E-state index contributed by atoms with van der Waals surface area (Å²) in [5.41, 5.74) is 2.74. The largest absolute Gasteiger partial charge is 0.371 e. The SMILES string of the molecule is Cc1cccc(N2CCC(N(C)C)CC2)c1. The van der Waals surface area contributed by atoms with Gasteiger partial charge < -0.3 is 9.80 Å². The number of aryl methyl sites for hydroxylation is 1. The van der Waals surface area contributed by atoms with Gasteiger partial charge in [0.25, 0.3) is 0 Å². The quantitative estimate of drug-likeness (QED) is 0.752. The van der Waals surface area contributed by atoms with Gasteiger partial charge in [0.15, 0.2) is 0 Å². The van der Waals surface area contributed by atoms with Gasteiger partial charge in [-0.2, -0.15) is 0 Å². The summed E-state index contributed by atoms with van der Waals surface area (Å²) in [7, 11) is 4.37. The van der Waals surface area contributed by atoms with Gasteiger partial charge in [-0.1, -0.05) is 12.1 Å². The van der Waals surface area contributed by atoms with Crippen LogP contribution >= 0.6 is 0 Å². The Hall–Kier alpha value is -1.02. The molecule has 1 aromatic carbocycles. The zero-order chi connectivity index (χ0) is 11.5. The van der Waals surface area contributed by atoms with Crippen molar-refractivity contribution in [2.45, 2.75) is 25.8 Å². The van der Waals surface area contributed by atoms with Gasteiger partial charge in [-0.3, -0.25) is 0 Å². The van der Waals surface area contributed by atoms with Crippen LogP contribution in [0.4, 0.5) is 5.69 Å². The van der Waals surface area contributed by atoms with Crippen molar-refractivity contribution in [2.75, 3.05) is 32.1 Å². The van der Waals surface area contributed by atoms with Gasteiger partial charge in [0.05, 0.1) is 0 Å². The summed E-state index contributed by atoms with van der Waals surface area (Å²) in [5, 5.41) is 0. The molecular weight excluding hydrogens is 196 g/mol. The smallest absolute Gasteiger partial charge is 0.0368 e. The second-order valence-corrected chi connectivity index (χ2v) is 5.02. The van der Waals surface area contributed by atoms with E-state index in [-0.39, 0.29) is 0 Å². The summed E-state index contributed by atoms with van der Waals surface area (Å²) >= 11 is 0. The molecule has 16 heavy (non-hydrogen) atoms. The number of hydrogen-bond donors (Lipinski definition) is 0. The predicted octanol–water partition coefficient (Wildman–Crippen LogP) is 2.53. The van der Waals surface area contributed by atoms with Crippen molar-refractivity contribution in [2.24, 2.45) is 0 Å². The number of hydrogen-bond acceptors (Lipinski definition) is 2. The van der Waals surface area contributed by atoms with Crippen molar-refractivity contribution in [3.63, 3.8) is 0 Å². The van der Waals surface area contributed by atoms with E-state index in [9.17, 15) is 0 Å². The molecule has 0 spiro atoms. The van der Waals surface area contributed by atoms with Crippen LogP contribution in [0, 0.1) is 6.92 Å². The first-order valence-electron chi connectivity index (χ1n) is 6.15. The molecule has 0 saturated carbocycles. The summed E-state index contributed by atoms with van der Waals surface area (Å²) in [4.78, 5) is 4.86. The van der Waals surface area contributed by atoms with Crippen molar-refractivity contribution >= 4 is 5.69 Å². The van der Waals surface area contributed by atoms with Crippen molar-refractivity contribution in [1.82, 2.24) is 4.90 Å². The molecule has 0 aromatic heterocycles. The Morgan fingerprint density at radius 1 is 1.19 bits per heavy atom. The van der Waals surface area contributed by atoms with E-state index in [1.165, 1.54) is 37.2 Å². The third-order valence-corrected chi connectivity index (χ3v) is 3.56. The van der Waals surface area contributed by atoms with Gasteiger partial charge in [-0.25, -0.2) is 0 Å². The van der Waals surface area contributed by atoms with Crippen LogP contribution in [0.3, 0.4) is 0 Å². The van der Waals surface area contributed by atoms with Gasteiger partial charge in [-0.15, -0.1) is 0 Å². The molecule has 0 atom stereocenters. The molecule has 0 unspecified atom stereocenters. The maximum Gasteiger partial charge on any atom is 0.0368 e. The van der Waals surface area contributed by atoms with E-state index in [0.29, 0.717) is 0 Å². The monoisotopic (exact) mass is 218 g/mol. The minimum atomic E-state index is 0.765. The topological polar surface area (TPSA) is 6.48 Å². The summed E-state index contributed by atoms with van der Waals surface area (Å²) in [6.45, 7) is 4.54. The fraction of sp³-hybridized carbons (Fsp3) is 0.571. The van der Waals surface area contributed by atoms with Crippen LogP contribution in [0.1, 0.15) is 18.4 Å². The molecule has 2 nitrogen and oxygen atoms in total. The van der Waals surface area contributed by atoms with Crippen LogP contribution in [0.25, 0.3) is 0 Å². The Morgan fingerprint density at radius 3 is 2.44 bits per heavy atom. The van der Waals surface area contributed by atoms with Crippen molar-refractivity contribution in [3.05, 3.63) is 29.8 Å². The fourth-order valence-electron chi connectivity index (χ4n) is 2.47. The molecule has 1 saturated heterocycles. The lowest BCUT2D eigenvalue weighted by atomic mass is 10.0. The summed E-state index contributed by atoms with van der Waals surface area (Å²) in [5.74, 6) is 0. The van der Waals surface area contributed by atoms with Gasteiger partial charge in [0, 0.05) is 24.8 Å². The molecule has 0 aliphatic carbocycles. The van der Waals surface area contributed by atoms with Crippen molar-refractivity contribution < 1.29 is 0 Å². The lowest BCUT2D eigenvalue weighted by Crippen LogP contribution is -2.41. The third-order valence-electron chi connectivity index (χ3n) is 3.56. The lowest BCUT2D eigenvalue weighted by Gasteiger charge is -2.36. The average Bonchev–Trinajstić information content (AvgIpc) is 2.29.